The van der Waals surface area contributed by atoms with Crippen molar-refractivity contribution in [1.82, 2.24) is 0 Å². The summed E-state index contributed by atoms with van der Waals surface area (Å²) in [6.07, 6.45) is -3.73. The van der Waals surface area contributed by atoms with Crippen molar-refractivity contribution in [1.29, 1.82) is 0 Å². The molecule has 0 aromatic heterocycles. The number of hydrogen-bond donors (Lipinski definition) is 0. The molecule has 0 aliphatic rings. The van der Waals surface area contributed by atoms with Crippen LogP contribution in [-0.4, -0.2) is 0 Å². The summed E-state index contributed by atoms with van der Waals surface area (Å²) in [4.78, 5) is 0. The first-order valence-corrected chi connectivity index (χ1v) is 5.20. The zero-order chi connectivity index (χ0) is 12.3. The first-order valence-electron chi connectivity index (χ1n) is 4.76. The van der Waals surface area contributed by atoms with E-state index in [0.717, 1.165) is 17.7 Å². The molecule has 0 N–H and O–H groups in total. The Morgan fingerprint density at radius 1 is 1.31 bits per heavy atom. The monoisotopic (exact) mass is 248 g/mol. The molecule has 4 heteroatoms. The summed E-state index contributed by atoms with van der Waals surface area (Å²) >= 11 is 6.03. The number of hydrogen-bond acceptors (Lipinski definition) is 0. The van der Waals surface area contributed by atoms with Gasteiger partial charge in [-0.25, -0.2) is 0 Å². The molecular weight excluding hydrogens is 237 g/mol. The summed E-state index contributed by atoms with van der Waals surface area (Å²) in [6, 6.07) is 4.90. The second-order valence-corrected chi connectivity index (χ2v) is 4.28. The predicted octanol–water partition coefficient (Wildman–Crippen LogP) is 4.95. The van der Waals surface area contributed by atoms with E-state index in [4.69, 9.17) is 11.6 Å². The minimum absolute atomic E-state index is 0.320. The summed E-state index contributed by atoms with van der Waals surface area (Å²) in [5, 5.41) is -0.320. The maximum absolute atomic E-state index is 12.3. The Morgan fingerprint density at radius 2 is 1.81 bits per heavy atom. The highest BCUT2D eigenvalue weighted by atomic mass is 35.5. The van der Waals surface area contributed by atoms with Crippen LogP contribution in [0.4, 0.5) is 13.2 Å². The van der Waals surface area contributed by atoms with Gasteiger partial charge in [0.2, 0.25) is 0 Å². The second kappa shape index (κ2) is 4.91. The minimum Gasteiger partial charge on any atom is -0.166 e. The van der Waals surface area contributed by atoms with Gasteiger partial charge in [0.25, 0.3) is 0 Å². The molecule has 88 valence electrons. The molecule has 0 fully saturated rings. The lowest BCUT2D eigenvalue weighted by atomic mass is 10.0. The number of benzene rings is 1. The van der Waals surface area contributed by atoms with E-state index in [-0.39, 0.29) is 5.38 Å². The quantitative estimate of drug-likeness (QED) is 0.524. The molecule has 1 atom stereocenters. The van der Waals surface area contributed by atoms with Crippen LogP contribution in [0.3, 0.4) is 0 Å². The van der Waals surface area contributed by atoms with Crippen LogP contribution in [-0.2, 0) is 6.18 Å². The third-order valence-electron chi connectivity index (χ3n) is 2.13. The fraction of sp³-hybridized carbons (Fsp3) is 0.333. The molecular formula is C12H12ClF3. The van der Waals surface area contributed by atoms with Gasteiger partial charge in [-0.3, -0.25) is 0 Å². The highest BCUT2D eigenvalue weighted by Crippen LogP contribution is 2.32. The normalized spacial score (nSPS) is 13.6. The van der Waals surface area contributed by atoms with E-state index in [1.165, 1.54) is 12.1 Å². The van der Waals surface area contributed by atoms with Crippen LogP contribution in [0.1, 0.15) is 29.8 Å². The minimum atomic E-state index is -4.30. The molecule has 1 aromatic rings. The first-order chi connectivity index (χ1) is 7.30. The van der Waals surface area contributed by atoms with Crippen LogP contribution < -0.4 is 0 Å². The van der Waals surface area contributed by atoms with Crippen molar-refractivity contribution in [2.45, 2.75) is 24.9 Å². The Bertz CT molecular complexity index is 365. The van der Waals surface area contributed by atoms with Crippen LogP contribution in [0.15, 0.2) is 36.4 Å². The Balaban J connectivity index is 2.83. The van der Waals surface area contributed by atoms with E-state index in [2.05, 4.69) is 6.58 Å². The van der Waals surface area contributed by atoms with Gasteiger partial charge >= 0.3 is 6.18 Å². The molecule has 0 bridgehead atoms. The highest BCUT2D eigenvalue weighted by molar-refractivity contribution is 6.20. The summed E-state index contributed by atoms with van der Waals surface area (Å²) in [5.41, 5.74) is 0.924. The zero-order valence-corrected chi connectivity index (χ0v) is 9.57. The van der Waals surface area contributed by atoms with Crippen LogP contribution in [0.5, 0.6) is 0 Å². The van der Waals surface area contributed by atoms with E-state index in [1.54, 1.807) is 0 Å². The van der Waals surface area contributed by atoms with E-state index in [0.29, 0.717) is 12.0 Å². The summed E-state index contributed by atoms with van der Waals surface area (Å²) in [6.45, 7) is 5.55. The van der Waals surface area contributed by atoms with E-state index in [9.17, 15) is 13.2 Å². The van der Waals surface area contributed by atoms with E-state index >= 15 is 0 Å². The molecule has 1 aromatic carbocycles. The molecule has 0 spiro atoms. The molecule has 0 heterocycles. The third-order valence-corrected chi connectivity index (χ3v) is 2.53. The molecule has 1 unspecified atom stereocenters. The van der Waals surface area contributed by atoms with Gasteiger partial charge in [0.15, 0.2) is 0 Å². The van der Waals surface area contributed by atoms with Crippen molar-refractivity contribution in [2.24, 2.45) is 0 Å². The van der Waals surface area contributed by atoms with Crippen molar-refractivity contribution in [2.75, 3.05) is 0 Å². The van der Waals surface area contributed by atoms with Gasteiger partial charge < -0.3 is 0 Å². The maximum Gasteiger partial charge on any atom is 0.416 e. The fourth-order valence-electron chi connectivity index (χ4n) is 1.30. The Kier molecular flexibility index (Phi) is 4.03. The predicted molar refractivity (Wildman–Crippen MR) is 59.5 cm³/mol. The molecule has 0 amide bonds. The number of alkyl halides is 4. The van der Waals surface area contributed by atoms with Crippen molar-refractivity contribution < 1.29 is 13.2 Å². The van der Waals surface area contributed by atoms with Crippen LogP contribution in [0, 0.1) is 0 Å². The lowest BCUT2D eigenvalue weighted by molar-refractivity contribution is -0.137. The van der Waals surface area contributed by atoms with E-state index in [1.807, 2.05) is 6.92 Å². The van der Waals surface area contributed by atoms with Crippen molar-refractivity contribution in [3.63, 3.8) is 0 Å². The van der Waals surface area contributed by atoms with Crippen molar-refractivity contribution in [3.05, 3.63) is 47.5 Å². The highest BCUT2D eigenvalue weighted by Gasteiger charge is 2.30. The average molecular weight is 249 g/mol. The topological polar surface area (TPSA) is 0 Å². The molecule has 0 aliphatic carbocycles. The molecule has 0 nitrogen and oxygen atoms in total. The van der Waals surface area contributed by atoms with Gasteiger partial charge in [0.1, 0.15) is 0 Å². The van der Waals surface area contributed by atoms with Crippen molar-refractivity contribution >= 4 is 11.6 Å². The van der Waals surface area contributed by atoms with Crippen molar-refractivity contribution in [3.8, 4) is 0 Å². The van der Waals surface area contributed by atoms with Gasteiger partial charge in [0, 0.05) is 0 Å². The number of rotatable bonds is 3. The number of halogens is 4. The lowest BCUT2D eigenvalue weighted by Gasteiger charge is -2.11. The standard InChI is InChI=1S/C12H12ClF3/c1-8(2)7-11(13)9-3-5-10(6-4-9)12(14,15)16/h3-6,11H,1,7H2,2H3. The number of allylic oxidation sites excluding steroid dienone is 1. The molecule has 1 rings (SSSR count). The molecule has 16 heavy (non-hydrogen) atoms. The molecule has 0 aliphatic heterocycles. The SMILES string of the molecule is C=C(C)CC(Cl)c1ccc(C(F)(F)F)cc1. The van der Waals surface area contributed by atoms with E-state index < -0.39 is 11.7 Å². The maximum atomic E-state index is 12.3. The van der Waals surface area contributed by atoms with Gasteiger partial charge in [0.05, 0.1) is 10.9 Å². The zero-order valence-electron chi connectivity index (χ0n) is 8.81. The van der Waals surface area contributed by atoms with Crippen LogP contribution in [0.2, 0.25) is 0 Å². The summed E-state index contributed by atoms with van der Waals surface area (Å²) < 4.78 is 36.9. The molecule has 0 saturated carbocycles. The fourth-order valence-corrected chi connectivity index (χ4v) is 1.71. The Labute approximate surface area is 97.7 Å². The molecule has 0 saturated heterocycles. The first kappa shape index (κ1) is 13.1. The van der Waals surface area contributed by atoms with Gasteiger partial charge in [-0.1, -0.05) is 17.7 Å². The summed E-state index contributed by atoms with van der Waals surface area (Å²) in [5.74, 6) is 0. The third kappa shape index (κ3) is 3.56. The van der Waals surface area contributed by atoms with Gasteiger partial charge in [-0.2, -0.15) is 13.2 Å². The van der Waals surface area contributed by atoms with Crippen LogP contribution in [0.25, 0.3) is 0 Å². The van der Waals surface area contributed by atoms with Gasteiger partial charge in [-0.05, 0) is 31.0 Å². The largest absolute Gasteiger partial charge is 0.416 e. The molecule has 0 radical (unpaired) electrons. The lowest BCUT2D eigenvalue weighted by Crippen LogP contribution is -2.04. The van der Waals surface area contributed by atoms with Crippen LogP contribution >= 0.6 is 11.6 Å². The average Bonchev–Trinajstić information content (AvgIpc) is 2.15. The van der Waals surface area contributed by atoms with Gasteiger partial charge in [-0.15, -0.1) is 18.2 Å². The Hall–Kier alpha value is -0.960. The smallest absolute Gasteiger partial charge is 0.166 e. The second-order valence-electron chi connectivity index (χ2n) is 3.75. The summed E-state index contributed by atoms with van der Waals surface area (Å²) in [7, 11) is 0. The Morgan fingerprint density at radius 3 is 2.19 bits per heavy atom.